The monoisotopic (exact) mass is 263 g/mol. The van der Waals surface area contributed by atoms with E-state index >= 15 is 0 Å². The summed E-state index contributed by atoms with van der Waals surface area (Å²) < 4.78 is 48.3. The zero-order valence-electron chi connectivity index (χ0n) is 9.87. The van der Waals surface area contributed by atoms with Crippen LogP contribution in [0, 0.1) is 5.82 Å². The molecule has 0 aliphatic carbocycles. The van der Waals surface area contributed by atoms with Crippen LogP contribution in [0.25, 0.3) is 0 Å². The minimum absolute atomic E-state index is 0.123. The fourth-order valence-electron chi connectivity index (χ4n) is 1.36. The van der Waals surface area contributed by atoms with Crippen LogP contribution >= 0.6 is 0 Å². The third-order valence-electron chi connectivity index (χ3n) is 2.15. The summed E-state index contributed by atoms with van der Waals surface area (Å²) in [6, 6.07) is 0. The van der Waals surface area contributed by atoms with Crippen molar-refractivity contribution in [3.63, 3.8) is 0 Å². The Labute approximate surface area is 102 Å². The van der Waals surface area contributed by atoms with E-state index in [-0.39, 0.29) is 18.1 Å². The molecule has 0 aliphatic rings. The van der Waals surface area contributed by atoms with Crippen LogP contribution in [0.4, 0.5) is 13.2 Å². The lowest BCUT2D eigenvalue weighted by molar-refractivity contribution is -0.142. The number of carbonyl (C=O) groups is 1. The molecule has 4 nitrogen and oxygen atoms in total. The SMILES string of the molecule is CCOC(=O)Cc1ncc(OC)c(C(F)F)c1F. The van der Waals surface area contributed by atoms with Crippen LogP contribution < -0.4 is 4.74 Å². The first-order valence-corrected chi connectivity index (χ1v) is 5.16. The Morgan fingerprint density at radius 2 is 2.17 bits per heavy atom. The number of halogens is 3. The molecule has 0 spiro atoms. The Morgan fingerprint density at radius 3 is 2.67 bits per heavy atom. The van der Waals surface area contributed by atoms with Crippen LogP contribution in [0.15, 0.2) is 6.20 Å². The Morgan fingerprint density at radius 1 is 1.50 bits per heavy atom. The average molecular weight is 263 g/mol. The first kappa shape index (κ1) is 14.3. The third kappa shape index (κ3) is 3.12. The van der Waals surface area contributed by atoms with Crippen molar-refractivity contribution in [2.75, 3.05) is 13.7 Å². The summed E-state index contributed by atoms with van der Waals surface area (Å²) in [5, 5.41) is 0. The summed E-state index contributed by atoms with van der Waals surface area (Å²) in [5.41, 5.74) is -1.28. The minimum atomic E-state index is -3.05. The second-order valence-corrected chi connectivity index (χ2v) is 3.28. The van der Waals surface area contributed by atoms with Gasteiger partial charge >= 0.3 is 5.97 Å². The highest BCUT2D eigenvalue weighted by Gasteiger charge is 2.24. The number of nitrogens with zero attached hydrogens (tertiary/aromatic N) is 1. The van der Waals surface area contributed by atoms with E-state index in [4.69, 9.17) is 0 Å². The summed E-state index contributed by atoms with van der Waals surface area (Å²) in [4.78, 5) is 14.7. The Bertz CT molecular complexity index is 438. The highest BCUT2D eigenvalue weighted by Crippen LogP contribution is 2.32. The van der Waals surface area contributed by atoms with Gasteiger partial charge < -0.3 is 9.47 Å². The van der Waals surface area contributed by atoms with E-state index in [0.29, 0.717) is 0 Å². The number of ether oxygens (including phenoxy) is 2. The van der Waals surface area contributed by atoms with Crippen LogP contribution in [0.5, 0.6) is 5.75 Å². The zero-order chi connectivity index (χ0) is 13.7. The molecule has 0 fully saturated rings. The number of esters is 1. The normalized spacial score (nSPS) is 10.6. The van der Waals surface area contributed by atoms with Crippen LogP contribution in [-0.2, 0) is 16.0 Å². The number of hydrogen-bond acceptors (Lipinski definition) is 4. The maximum atomic E-state index is 13.7. The molecule has 1 heterocycles. The van der Waals surface area contributed by atoms with E-state index < -0.39 is 30.2 Å². The number of carbonyl (C=O) groups excluding carboxylic acids is 1. The number of methoxy groups -OCH3 is 1. The van der Waals surface area contributed by atoms with Gasteiger partial charge in [0.1, 0.15) is 5.75 Å². The van der Waals surface area contributed by atoms with E-state index in [2.05, 4.69) is 14.5 Å². The summed E-state index contributed by atoms with van der Waals surface area (Å²) in [6.45, 7) is 1.71. The topological polar surface area (TPSA) is 48.4 Å². The van der Waals surface area contributed by atoms with Crippen LogP contribution in [-0.4, -0.2) is 24.7 Å². The largest absolute Gasteiger partial charge is 0.495 e. The van der Waals surface area contributed by atoms with Gasteiger partial charge in [0.2, 0.25) is 0 Å². The summed E-state index contributed by atoms with van der Waals surface area (Å²) in [6.07, 6.45) is -2.59. The second kappa shape index (κ2) is 6.23. The van der Waals surface area contributed by atoms with Crippen LogP contribution in [0.3, 0.4) is 0 Å². The lowest BCUT2D eigenvalue weighted by Gasteiger charge is -2.11. The highest BCUT2D eigenvalue weighted by molar-refractivity contribution is 5.72. The van der Waals surface area contributed by atoms with Crippen molar-refractivity contribution in [2.24, 2.45) is 0 Å². The first-order chi connectivity index (χ1) is 8.51. The Balaban J connectivity index is 3.08. The molecule has 1 aromatic heterocycles. The molecule has 100 valence electrons. The second-order valence-electron chi connectivity index (χ2n) is 3.28. The standard InChI is InChI=1S/C11H12F3NO3/c1-3-18-8(16)4-6-10(12)9(11(13)14)7(17-2)5-15-6/h5,11H,3-4H2,1-2H3. The van der Waals surface area contributed by atoms with Gasteiger partial charge in [-0.25, -0.2) is 13.2 Å². The summed E-state index contributed by atoms with van der Waals surface area (Å²) in [5.74, 6) is -2.32. The number of alkyl halides is 2. The van der Waals surface area contributed by atoms with Gasteiger partial charge in [-0.1, -0.05) is 0 Å². The molecule has 0 radical (unpaired) electrons. The molecule has 0 saturated carbocycles. The predicted molar refractivity (Wildman–Crippen MR) is 56.0 cm³/mol. The predicted octanol–water partition coefficient (Wildman–Crippen LogP) is 2.27. The first-order valence-electron chi connectivity index (χ1n) is 5.16. The number of rotatable bonds is 5. The van der Waals surface area contributed by atoms with Crippen LogP contribution in [0.1, 0.15) is 24.6 Å². The Kier molecular flexibility index (Phi) is 4.94. The minimum Gasteiger partial charge on any atom is -0.495 e. The summed E-state index contributed by atoms with van der Waals surface area (Å²) in [7, 11) is 1.13. The van der Waals surface area contributed by atoms with Crippen molar-refractivity contribution in [1.82, 2.24) is 4.98 Å². The van der Waals surface area contributed by atoms with E-state index in [1.54, 1.807) is 6.92 Å². The van der Waals surface area contributed by atoms with Crippen molar-refractivity contribution in [2.45, 2.75) is 19.8 Å². The molecule has 7 heteroatoms. The molecule has 0 bridgehead atoms. The molecule has 0 atom stereocenters. The number of aromatic nitrogens is 1. The number of pyridine rings is 1. The van der Waals surface area contributed by atoms with E-state index in [1.807, 2.05) is 0 Å². The van der Waals surface area contributed by atoms with Crippen molar-refractivity contribution in [3.05, 3.63) is 23.3 Å². The molecule has 1 aromatic rings. The van der Waals surface area contributed by atoms with E-state index in [9.17, 15) is 18.0 Å². The van der Waals surface area contributed by atoms with Gasteiger partial charge in [0, 0.05) is 0 Å². The van der Waals surface area contributed by atoms with Gasteiger partial charge in [-0.2, -0.15) is 0 Å². The molecule has 0 aliphatic heterocycles. The van der Waals surface area contributed by atoms with Gasteiger partial charge in [0.25, 0.3) is 6.43 Å². The van der Waals surface area contributed by atoms with E-state index in [0.717, 1.165) is 13.3 Å². The maximum Gasteiger partial charge on any atom is 0.311 e. The van der Waals surface area contributed by atoms with Gasteiger partial charge in [-0.3, -0.25) is 9.78 Å². The Hall–Kier alpha value is -1.79. The average Bonchev–Trinajstić information content (AvgIpc) is 2.31. The zero-order valence-corrected chi connectivity index (χ0v) is 9.87. The molecular weight excluding hydrogens is 251 g/mol. The molecule has 0 aromatic carbocycles. The maximum absolute atomic E-state index is 13.7. The van der Waals surface area contributed by atoms with Gasteiger partial charge in [-0.05, 0) is 6.92 Å². The van der Waals surface area contributed by atoms with Gasteiger partial charge in [0.15, 0.2) is 5.82 Å². The molecule has 0 N–H and O–H groups in total. The molecule has 18 heavy (non-hydrogen) atoms. The fraction of sp³-hybridized carbons (Fsp3) is 0.455. The lowest BCUT2D eigenvalue weighted by atomic mass is 10.1. The van der Waals surface area contributed by atoms with Crippen molar-refractivity contribution >= 4 is 5.97 Å². The molecule has 1 rings (SSSR count). The molecule has 0 amide bonds. The quantitative estimate of drug-likeness (QED) is 0.765. The highest BCUT2D eigenvalue weighted by atomic mass is 19.3. The fourth-order valence-corrected chi connectivity index (χ4v) is 1.36. The smallest absolute Gasteiger partial charge is 0.311 e. The number of hydrogen-bond donors (Lipinski definition) is 0. The molecule has 0 unspecified atom stereocenters. The lowest BCUT2D eigenvalue weighted by Crippen LogP contribution is -2.12. The molecule has 0 saturated heterocycles. The van der Waals surface area contributed by atoms with Gasteiger partial charge in [0.05, 0.1) is 37.6 Å². The van der Waals surface area contributed by atoms with Crippen molar-refractivity contribution in [3.8, 4) is 5.75 Å². The molecular formula is C11H12F3NO3. The third-order valence-corrected chi connectivity index (χ3v) is 2.15. The van der Waals surface area contributed by atoms with Crippen molar-refractivity contribution < 1.29 is 27.4 Å². The van der Waals surface area contributed by atoms with Crippen molar-refractivity contribution in [1.29, 1.82) is 0 Å². The van der Waals surface area contributed by atoms with Crippen LogP contribution in [0.2, 0.25) is 0 Å². The van der Waals surface area contributed by atoms with Gasteiger partial charge in [-0.15, -0.1) is 0 Å². The summed E-state index contributed by atoms with van der Waals surface area (Å²) >= 11 is 0. The van der Waals surface area contributed by atoms with E-state index in [1.165, 1.54) is 0 Å².